The number of carbonyl (C=O) groups excluding carboxylic acids is 6. The van der Waals surface area contributed by atoms with Gasteiger partial charge < -0.3 is 24.7 Å². The number of nitrogens with zero attached hydrogens (tertiary/aromatic N) is 2. The summed E-state index contributed by atoms with van der Waals surface area (Å²) in [6.07, 6.45) is -28.2. The summed E-state index contributed by atoms with van der Waals surface area (Å²) in [4.78, 5) is 91.9. The molecule has 0 aromatic carbocycles. The molecule has 9 fully saturated rings. The largest absolute Gasteiger partial charge is 0.481 e. The van der Waals surface area contributed by atoms with Gasteiger partial charge in [-0.15, -0.1) is 0 Å². The van der Waals surface area contributed by atoms with E-state index >= 15 is 0 Å². The first-order valence-corrected chi connectivity index (χ1v) is 27.7. The van der Waals surface area contributed by atoms with Crippen LogP contribution < -0.4 is 0 Å². The Morgan fingerprint density at radius 3 is 1.06 bits per heavy atom. The molecule has 0 saturated heterocycles. The number of carboxylic acids is 2. The predicted molar refractivity (Wildman–Crippen MR) is 328 cm³/mol. The molecule has 0 bridgehead atoms. The summed E-state index contributed by atoms with van der Waals surface area (Å²) in [7, 11) is 6.25. The van der Waals surface area contributed by atoms with Gasteiger partial charge in [0.25, 0.3) is 0 Å². The molecule has 13 heteroatoms. The van der Waals surface area contributed by atoms with Gasteiger partial charge in [0.15, 0.2) is 0 Å². The topological polar surface area (TPSA) is 193 Å². The molecule has 9 aliphatic carbocycles. The number of esters is 1. The molecule has 0 aliphatic heterocycles. The van der Waals surface area contributed by atoms with Crippen LogP contribution in [-0.4, -0.2) is 102 Å². The summed E-state index contributed by atoms with van der Waals surface area (Å²) in [5.41, 5.74) is -4.24. The number of hydrogen-bond acceptors (Lipinski definition) is 9. The van der Waals surface area contributed by atoms with E-state index in [1.165, 1.54) is 51.6 Å². The molecular weight excluding hydrogens is 1020 g/mol. The summed E-state index contributed by atoms with van der Waals surface area (Å²) in [5, 5.41) is 17.7. The van der Waals surface area contributed by atoms with Gasteiger partial charge in [0.1, 0.15) is 17.3 Å². The van der Waals surface area contributed by atoms with Gasteiger partial charge >= 0.3 is 17.9 Å². The first-order chi connectivity index (χ1) is 51.5. The van der Waals surface area contributed by atoms with Crippen LogP contribution in [0.5, 0.6) is 0 Å². The summed E-state index contributed by atoms with van der Waals surface area (Å²) < 4.78 is 274. The van der Waals surface area contributed by atoms with E-state index in [2.05, 4.69) is 0 Å². The van der Waals surface area contributed by atoms with Crippen molar-refractivity contribution in [1.82, 2.24) is 9.80 Å². The van der Waals surface area contributed by atoms with Crippen LogP contribution in [0.2, 0.25) is 0 Å². The Morgan fingerprint density at radius 1 is 0.469 bits per heavy atom. The van der Waals surface area contributed by atoms with Crippen molar-refractivity contribution in [2.45, 2.75) is 286 Å². The molecule has 0 radical (unpaired) electrons. The Hall–Kier alpha value is -3.90. The molecule has 9 aliphatic rings. The number of Topliss-reactive ketones (excluding diaryl/α,β-unsaturated/α-hetero) is 3. The lowest BCUT2D eigenvalue weighted by molar-refractivity contribution is -0.154. The van der Waals surface area contributed by atoms with Gasteiger partial charge in [0.05, 0.1) is 22.9 Å². The van der Waals surface area contributed by atoms with E-state index < -0.39 is 190 Å². The Labute approximate surface area is 544 Å². The molecule has 0 aromatic heterocycles. The number of allylic oxidation sites excluding steroid dienone is 2. The molecule has 2 N–H and O–H groups in total. The Bertz CT molecular complexity index is 3330. The second kappa shape index (κ2) is 41.2. The Kier molecular flexibility index (Phi) is 17.7. The van der Waals surface area contributed by atoms with Crippen LogP contribution in [0.15, 0.2) is 12.2 Å². The number of hydrogen-bond donors (Lipinski definition) is 2. The minimum Gasteiger partial charge on any atom is -0.481 e. The van der Waals surface area contributed by atoms with Crippen molar-refractivity contribution in [2.75, 3.05) is 34.8 Å². The molecule has 0 atom stereocenters. The average Bonchev–Trinajstić information content (AvgIpc) is 1.57. The van der Waals surface area contributed by atoms with Crippen molar-refractivity contribution in [3.63, 3.8) is 0 Å². The number of carboxylic acid groups (broad SMARTS) is 2. The maximum atomic E-state index is 11.6. The van der Waals surface area contributed by atoms with Crippen molar-refractivity contribution in [2.24, 2.45) is 51.8 Å². The van der Waals surface area contributed by atoms with Crippen LogP contribution in [0.1, 0.15) is 335 Å². The van der Waals surface area contributed by atoms with Gasteiger partial charge in [-0.3, -0.25) is 38.4 Å². The molecule has 81 heavy (non-hydrogen) atoms. The second-order valence-electron chi connectivity index (χ2n) is 21.0. The number of rotatable bonds is 10. The van der Waals surface area contributed by atoms with Gasteiger partial charge in [-0.2, -0.15) is 0 Å². The lowest BCUT2D eigenvalue weighted by Crippen LogP contribution is -2.27. The van der Waals surface area contributed by atoms with Crippen molar-refractivity contribution in [1.29, 1.82) is 0 Å². The van der Waals surface area contributed by atoms with E-state index in [1.807, 2.05) is 0 Å². The number of ether oxygens (including phenoxy) is 1. The average molecular weight is 1180 g/mol. The molecule has 9 saturated carbocycles. The van der Waals surface area contributed by atoms with Crippen LogP contribution in [-0.2, 0) is 43.1 Å². The van der Waals surface area contributed by atoms with Gasteiger partial charge in [-0.1, -0.05) is 127 Å². The lowest BCUT2D eigenvalue weighted by atomic mass is 9.89. The molecule has 13 nitrogen and oxygen atoms in total. The number of carbonyl (C=O) groups is 8. The van der Waals surface area contributed by atoms with Crippen LogP contribution in [0.3, 0.4) is 0 Å². The standard InChI is InChI=1S/C9H16O2.2C8H15NO.C8H14.2C7H12O2.3C7H12O/c1-3-11-8(10)9(2)6-4-5-7-9;2*1-9(2)8(10)7-5-3-4-6-7;1-2-5-8-6-3-4-7-8;2*1-7(6(8)9)4-2-3-5-7;3*1-6(8)7-4-2-3-5-7/h3-7H2,1-2H3;2*7H,3-6H2,1-2H3;2,5,8H,3-4,6-7H2,1H3;2*2-5H2,1H3,(H,8,9);3*7H,2-5H2,1H3/i4D2,5D2;5D2,6D2;3D2,4D2;6D2,7D2;4D2,5D2;2D2,3D2;2*4D2,5D2;2D2,3D2. The molecule has 2 amide bonds. The SMILES string of the molecule is [2H]C1([2H])CC(C(=O)N(C)C)CC1([2H])[2H].[2H]C1([2H])CC(C(C)=O)CC1([2H])[2H].[2H]C1([2H])CC(C)(C(=O)O)CC1([2H])[2H].[2H]C1([2H])CC(C)(C(=O)OCC)CC1([2H])[2H].[2H]C1([2H])CCC([2H])([2H])C1(C)C(=O)O.[2H]C1([2H])CCC([2H])([2H])C1C(=O)N(C)C.[2H]C1([2H])CCC([2H])([2H])C1C(C)=O.[2H]C1([2H])CCC([2H])([2H])C1C(C)=O.[2H]C1([2H])CCC([2H])([2H])C1C=CC. The molecule has 0 unspecified atom stereocenters. The number of aliphatic carboxylic acids is 2. The zero-order valence-corrected chi connectivity index (χ0v) is 50.0. The van der Waals surface area contributed by atoms with Crippen molar-refractivity contribution < 1.29 is 103 Å². The van der Waals surface area contributed by atoms with Crippen molar-refractivity contribution in [3.8, 4) is 0 Å². The summed E-state index contributed by atoms with van der Waals surface area (Å²) >= 11 is 0. The molecular formula is C68H120N2O11. The monoisotopic (exact) mass is 1180 g/mol. The first-order valence-electron chi connectivity index (χ1n) is 45.7. The molecule has 0 heterocycles. The quantitative estimate of drug-likeness (QED) is 0.156. The zero-order valence-electron chi connectivity index (χ0n) is 86.0. The van der Waals surface area contributed by atoms with E-state index in [0.717, 1.165) is 6.92 Å². The fourth-order valence-electron chi connectivity index (χ4n) is 7.73. The van der Waals surface area contributed by atoms with Crippen LogP contribution >= 0.6 is 0 Å². The highest BCUT2D eigenvalue weighted by Gasteiger charge is 2.38. The highest BCUT2D eigenvalue weighted by atomic mass is 16.5. The van der Waals surface area contributed by atoms with Crippen LogP contribution in [0.25, 0.3) is 0 Å². The van der Waals surface area contributed by atoms with E-state index in [-0.39, 0.29) is 133 Å². The van der Waals surface area contributed by atoms with E-state index in [9.17, 15) is 38.4 Å². The normalized spacial score (nSPS) is 39.6. The van der Waals surface area contributed by atoms with E-state index in [1.54, 1.807) is 47.0 Å². The third-order valence-corrected chi connectivity index (χ3v) is 13.2. The summed E-state index contributed by atoms with van der Waals surface area (Å²) in [6.45, 7) is 11.7. The minimum absolute atomic E-state index is 0.0169. The third kappa shape index (κ3) is 30.5. The van der Waals surface area contributed by atoms with Crippen LogP contribution in [0, 0.1) is 51.8 Å². The number of amides is 2. The van der Waals surface area contributed by atoms with Crippen molar-refractivity contribution >= 4 is 47.1 Å². The Morgan fingerprint density at radius 2 is 0.790 bits per heavy atom. The molecule has 9 rings (SSSR count). The summed E-state index contributed by atoms with van der Waals surface area (Å²) in [6, 6.07) is 0. The maximum Gasteiger partial charge on any atom is 0.311 e. The molecule has 0 spiro atoms. The van der Waals surface area contributed by atoms with Crippen LogP contribution in [0.4, 0.5) is 0 Å². The third-order valence-electron chi connectivity index (χ3n) is 13.2. The lowest BCUT2D eigenvalue weighted by Gasteiger charge is -2.20. The van der Waals surface area contributed by atoms with Gasteiger partial charge in [0.2, 0.25) is 11.8 Å². The maximum absolute atomic E-state index is 11.6. The van der Waals surface area contributed by atoms with Gasteiger partial charge in [-0.25, -0.2) is 0 Å². The highest BCUT2D eigenvalue weighted by molar-refractivity contribution is 5.80. The molecule has 0 aromatic rings. The van der Waals surface area contributed by atoms with Crippen molar-refractivity contribution in [3.05, 3.63) is 12.2 Å². The fraction of sp³-hybridized carbons (Fsp3) is 0.853. The Balaban J connectivity index is 0.000000659. The smallest absolute Gasteiger partial charge is 0.311 e. The predicted octanol–water partition coefficient (Wildman–Crippen LogP) is 16.0. The van der Waals surface area contributed by atoms with E-state index in [4.69, 9.17) is 64.3 Å². The summed E-state index contributed by atoms with van der Waals surface area (Å²) in [5.74, 6) is -9.41. The molecule has 468 valence electrons. The number of ketones is 3. The second-order valence-corrected chi connectivity index (χ2v) is 21.0. The highest BCUT2D eigenvalue weighted by Crippen LogP contribution is 2.40. The minimum atomic E-state index is -2.04. The van der Waals surface area contributed by atoms with E-state index in [0.29, 0.717) is 12.8 Å². The first kappa shape index (κ1) is 34.9. The van der Waals surface area contributed by atoms with Gasteiger partial charge in [-0.05, 0) is 176 Å². The zero-order chi connectivity index (χ0) is 93.3. The fourth-order valence-corrected chi connectivity index (χ4v) is 7.73. The van der Waals surface area contributed by atoms with Gasteiger partial charge in [0, 0.05) is 107 Å².